The Balaban J connectivity index is 1.44. The molecule has 0 unspecified atom stereocenters. The van der Waals surface area contributed by atoms with E-state index in [4.69, 9.17) is 23.7 Å². The maximum atomic E-state index is 12.4. The number of nitrogens with zero attached hydrogens (tertiary/aromatic N) is 1. The molecule has 1 saturated carbocycles. The average Bonchev–Trinajstić information content (AvgIpc) is 3.65. The van der Waals surface area contributed by atoms with E-state index in [0.29, 0.717) is 13.0 Å². The Labute approximate surface area is 186 Å². The minimum Gasteiger partial charge on any atom is -0.428 e. The van der Waals surface area contributed by atoms with E-state index in [9.17, 15) is 14.9 Å². The Kier molecular flexibility index (Phi) is 6.00. The summed E-state index contributed by atoms with van der Waals surface area (Å²) >= 11 is 0. The molecule has 0 radical (unpaired) electrons. The van der Waals surface area contributed by atoms with E-state index >= 15 is 0 Å². The molecular formula is C23H29NO8. The first-order valence-electron chi connectivity index (χ1n) is 10.8. The fourth-order valence-electron chi connectivity index (χ4n) is 4.95. The Morgan fingerprint density at radius 2 is 2.00 bits per heavy atom. The second-order valence-corrected chi connectivity index (χ2v) is 9.14. The molecule has 2 aliphatic heterocycles. The predicted octanol–water partition coefficient (Wildman–Crippen LogP) is 4.19. The molecule has 1 aliphatic carbocycles. The fraction of sp³-hybridized carbons (Fsp3) is 0.609. The van der Waals surface area contributed by atoms with Gasteiger partial charge in [-0.25, -0.2) is 4.79 Å². The summed E-state index contributed by atoms with van der Waals surface area (Å²) in [4.78, 5) is 22.7. The van der Waals surface area contributed by atoms with Crippen molar-refractivity contribution < 1.29 is 33.4 Å². The number of nitro benzene ring substituents is 1. The van der Waals surface area contributed by atoms with Crippen molar-refractivity contribution in [1.82, 2.24) is 0 Å². The molecule has 1 aromatic carbocycles. The van der Waals surface area contributed by atoms with Crippen LogP contribution in [0.2, 0.25) is 0 Å². The lowest BCUT2D eigenvalue weighted by Crippen LogP contribution is -2.55. The number of ether oxygens (including phenoxy) is 5. The summed E-state index contributed by atoms with van der Waals surface area (Å²) in [5.41, 5.74) is 0.419. The molecule has 0 bridgehead atoms. The smallest absolute Gasteiger partial charge is 0.428 e. The Bertz CT molecular complexity index is 905. The quantitative estimate of drug-likeness (QED) is 0.153. The van der Waals surface area contributed by atoms with Gasteiger partial charge in [-0.05, 0) is 52.2 Å². The normalized spacial score (nSPS) is 35.1. The Morgan fingerprint density at radius 3 is 2.56 bits per heavy atom. The molecule has 2 heterocycles. The van der Waals surface area contributed by atoms with Crippen LogP contribution in [0.3, 0.4) is 0 Å². The number of carbonyl (C=O) groups is 1. The zero-order valence-corrected chi connectivity index (χ0v) is 18.7. The van der Waals surface area contributed by atoms with Gasteiger partial charge in [0.25, 0.3) is 5.69 Å². The third kappa shape index (κ3) is 4.37. The Morgan fingerprint density at radius 1 is 1.31 bits per heavy atom. The predicted molar refractivity (Wildman–Crippen MR) is 114 cm³/mol. The molecule has 4 rings (SSSR count). The van der Waals surface area contributed by atoms with Gasteiger partial charge in [0.1, 0.15) is 29.2 Å². The van der Waals surface area contributed by atoms with E-state index in [1.807, 2.05) is 0 Å². The topological polar surface area (TPSA) is 113 Å². The molecule has 32 heavy (non-hydrogen) atoms. The number of rotatable bonds is 7. The zero-order valence-electron chi connectivity index (χ0n) is 18.7. The van der Waals surface area contributed by atoms with E-state index in [1.165, 1.54) is 29.8 Å². The molecule has 1 spiro atoms. The molecule has 9 heteroatoms. The first kappa shape index (κ1) is 22.7. The van der Waals surface area contributed by atoms with Gasteiger partial charge in [0.05, 0.1) is 23.6 Å². The molecular weight excluding hydrogens is 418 g/mol. The van der Waals surface area contributed by atoms with Gasteiger partial charge >= 0.3 is 6.16 Å². The van der Waals surface area contributed by atoms with Crippen molar-refractivity contribution in [2.75, 3.05) is 13.7 Å². The highest BCUT2D eigenvalue weighted by molar-refractivity contribution is 5.64. The minimum atomic E-state index is -0.875. The number of hydrogen-bond acceptors (Lipinski definition) is 8. The molecule has 0 N–H and O–H groups in total. The zero-order chi connectivity index (χ0) is 23.1. The summed E-state index contributed by atoms with van der Waals surface area (Å²) < 4.78 is 28.8. The van der Waals surface area contributed by atoms with Crippen LogP contribution in [0.4, 0.5) is 10.5 Å². The average molecular weight is 447 g/mol. The maximum absolute atomic E-state index is 12.4. The molecule has 3 aliphatic rings. The maximum Gasteiger partial charge on any atom is 0.514 e. The van der Waals surface area contributed by atoms with E-state index in [2.05, 4.69) is 26.8 Å². The van der Waals surface area contributed by atoms with Gasteiger partial charge in [0.15, 0.2) is 0 Å². The van der Waals surface area contributed by atoms with Crippen LogP contribution in [0.25, 0.3) is 0 Å². The molecule has 1 aromatic rings. The first-order valence-corrected chi connectivity index (χ1v) is 10.8. The van der Waals surface area contributed by atoms with Crippen LogP contribution in [0.5, 0.6) is 5.75 Å². The van der Waals surface area contributed by atoms with Gasteiger partial charge in [0.2, 0.25) is 0 Å². The number of methoxy groups -OCH3 is 1. The largest absolute Gasteiger partial charge is 0.514 e. The van der Waals surface area contributed by atoms with E-state index in [1.54, 1.807) is 7.11 Å². The molecule has 9 nitrogen and oxygen atoms in total. The van der Waals surface area contributed by atoms with Gasteiger partial charge in [-0.2, -0.15) is 0 Å². The molecule has 174 valence electrons. The number of hydrogen-bond donors (Lipinski definition) is 0. The summed E-state index contributed by atoms with van der Waals surface area (Å²) in [5, 5.41) is 10.8. The van der Waals surface area contributed by atoms with Crippen LogP contribution in [0.1, 0.15) is 40.0 Å². The van der Waals surface area contributed by atoms with E-state index in [-0.39, 0.29) is 29.1 Å². The van der Waals surface area contributed by atoms with Crippen molar-refractivity contribution in [1.29, 1.82) is 0 Å². The molecule has 0 aromatic heterocycles. The van der Waals surface area contributed by atoms with Gasteiger partial charge in [-0.3, -0.25) is 10.1 Å². The number of nitro groups is 1. The van der Waals surface area contributed by atoms with Gasteiger partial charge in [0, 0.05) is 19.2 Å². The lowest BCUT2D eigenvalue weighted by molar-refractivity contribution is -0.384. The third-order valence-electron chi connectivity index (χ3n) is 6.73. The SMILES string of the molecule is CO[C@@H]1[C@H](OC(=O)Oc2ccc([N+](=O)[O-])cc2)CC[C@]2(CO2)[C@H]1[C@@]1(C)O[C@@H]1CC=C(C)C. The number of benzene rings is 1. The second kappa shape index (κ2) is 8.46. The standard InChI is InChI=1S/C23H29NO8/c1-14(2)5-10-18-22(3,32-18)20-19(28-4)17(11-12-23(20)13-29-23)31-21(25)30-16-8-6-15(7-9-16)24(26)27/h5-9,17-20H,10-13H2,1-4H3/t17-,18-,19-,20-,22+,23+/m1/s1. The lowest BCUT2D eigenvalue weighted by atomic mass is 9.68. The number of carbonyl (C=O) groups excluding carboxylic acids is 1. The number of non-ortho nitro benzene ring substituents is 1. The summed E-state index contributed by atoms with van der Waals surface area (Å²) in [6.07, 6.45) is 2.56. The summed E-state index contributed by atoms with van der Waals surface area (Å²) in [6, 6.07) is 5.25. The van der Waals surface area contributed by atoms with Crippen molar-refractivity contribution in [3.8, 4) is 5.75 Å². The van der Waals surface area contributed by atoms with Crippen LogP contribution >= 0.6 is 0 Å². The highest BCUT2D eigenvalue weighted by Crippen LogP contribution is 2.59. The second-order valence-electron chi connectivity index (χ2n) is 9.14. The minimum absolute atomic E-state index is 0.0620. The molecule has 6 atom stereocenters. The van der Waals surface area contributed by atoms with Crippen LogP contribution < -0.4 is 4.74 Å². The van der Waals surface area contributed by atoms with Crippen molar-refractivity contribution >= 4 is 11.8 Å². The molecule has 0 amide bonds. The Hall–Kier alpha value is -2.49. The lowest BCUT2D eigenvalue weighted by Gasteiger charge is -2.42. The highest BCUT2D eigenvalue weighted by Gasteiger charge is 2.72. The number of epoxide rings is 2. The van der Waals surface area contributed by atoms with Crippen molar-refractivity contribution in [2.45, 2.75) is 69.5 Å². The monoisotopic (exact) mass is 447 g/mol. The summed E-state index contributed by atoms with van der Waals surface area (Å²) in [5.74, 6) is 0.0877. The van der Waals surface area contributed by atoms with Crippen LogP contribution in [0, 0.1) is 16.0 Å². The van der Waals surface area contributed by atoms with Crippen molar-refractivity contribution in [3.63, 3.8) is 0 Å². The van der Waals surface area contributed by atoms with Crippen molar-refractivity contribution in [3.05, 3.63) is 46.0 Å². The molecule has 3 fully saturated rings. The fourth-order valence-corrected chi connectivity index (χ4v) is 4.95. The third-order valence-corrected chi connectivity index (χ3v) is 6.73. The molecule has 2 saturated heterocycles. The number of allylic oxidation sites excluding steroid dienone is 1. The summed E-state index contributed by atoms with van der Waals surface area (Å²) in [7, 11) is 1.61. The highest BCUT2D eigenvalue weighted by atomic mass is 16.7. The van der Waals surface area contributed by atoms with Gasteiger partial charge in [-0.1, -0.05) is 11.6 Å². The van der Waals surface area contributed by atoms with Crippen LogP contribution in [0.15, 0.2) is 35.9 Å². The van der Waals surface area contributed by atoms with Crippen LogP contribution in [-0.4, -0.2) is 54.3 Å². The van der Waals surface area contributed by atoms with E-state index in [0.717, 1.165) is 12.8 Å². The summed E-state index contributed by atoms with van der Waals surface area (Å²) in [6.45, 7) is 6.84. The van der Waals surface area contributed by atoms with E-state index < -0.39 is 28.9 Å². The first-order chi connectivity index (χ1) is 15.2. The van der Waals surface area contributed by atoms with Crippen molar-refractivity contribution in [2.24, 2.45) is 5.92 Å². The van der Waals surface area contributed by atoms with Gasteiger partial charge in [-0.15, -0.1) is 0 Å². The van der Waals surface area contributed by atoms with Crippen LogP contribution in [-0.2, 0) is 18.9 Å². The van der Waals surface area contributed by atoms with Gasteiger partial charge < -0.3 is 23.7 Å².